The SMILES string of the molecule is NCCC(=O)c1ccc(Br)cc1C(F)(F)F. The van der Waals surface area contributed by atoms with Gasteiger partial charge in [0.15, 0.2) is 5.78 Å². The van der Waals surface area contributed by atoms with Crippen LogP contribution in [0.15, 0.2) is 22.7 Å². The Morgan fingerprint density at radius 1 is 1.38 bits per heavy atom. The normalized spacial score (nSPS) is 11.6. The lowest BCUT2D eigenvalue weighted by atomic mass is 10.0. The van der Waals surface area contributed by atoms with Crippen molar-refractivity contribution in [3.63, 3.8) is 0 Å². The third kappa shape index (κ3) is 3.05. The average Bonchev–Trinajstić information content (AvgIpc) is 2.16. The summed E-state index contributed by atoms with van der Waals surface area (Å²) in [5.41, 5.74) is 3.88. The summed E-state index contributed by atoms with van der Waals surface area (Å²) in [6, 6.07) is 3.45. The summed E-state index contributed by atoms with van der Waals surface area (Å²) < 4.78 is 38.2. The smallest absolute Gasteiger partial charge is 0.330 e. The molecular formula is C10H9BrF3NO. The van der Waals surface area contributed by atoms with Crippen molar-refractivity contribution in [2.24, 2.45) is 5.73 Å². The molecule has 2 nitrogen and oxygen atoms in total. The van der Waals surface area contributed by atoms with E-state index in [9.17, 15) is 18.0 Å². The Labute approximate surface area is 98.8 Å². The van der Waals surface area contributed by atoms with Crippen LogP contribution in [0.4, 0.5) is 13.2 Å². The second-order valence-electron chi connectivity index (χ2n) is 3.15. The van der Waals surface area contributed by atoms with Gasteiger partial charge in [-0.05, 0) is 24.7 Å². The highest BCUT2D eigenvalue weighted by molar-refractivity contribution is 9.10. The molecule has 0 amide bonds. The zero-order valence-corrected chi connectivity index (χ0v) is 9.73. The lowest BCUT2D eigenvalue weighted by molar-refractivity contribution is -0.138. The number of rotatable bonds is 3. The molecule has 88 valence electrons. The fourth-order valence-corrected chi connectivity index (χ4v) is 1.62. The fourth-order valence-electron chi connectivity index (χ4n) is 1.26. The standard InChI is InChI=1S/C10H9BrF3NO/c11-6-1-2-7(9(16)3-4-15)8(5-6)10(12,13)14/h1-2,5H,3-4,15H2. The Balaban J connectivity index is 3.23. The molecule has 1 aromatic carbocycles. The Kier molecular flexibility index (Phi) is 4.09. The van der Waals surface area contributed by atoms with Gasteiger partial charge in [-0.25, -0.2) is 0 Å². The molecule has 6 heteroatoms. The molecule has 0 unspecified atom stereocenters. The molecule has 0 saturated heterocycles. The van der Waals surface area contributed by atoms with Crippen LogP contribution >= 0.6 is 15.9 Å². The molecule has 1 rings (SSSR count). The van der Waals surface area contributed by atoms with Crippen molar-refractivity contribution in [3.05, 3.63) is 33.8 Å². The molecule has 0 heterocycles. The Morgan fingerprint density at radius 2 is 2.00 bits per heavy atom. The first-order chi connectivity index (χ1) is 7.36. The van der Waals surface area contributed by atoms with Crippen molar-refractivity contribution in [2.75, 3.05) is 6.54 Å². The molecule has 0 fully saturated rings. The molecule has 1 aromatic rings. The molecule has 0 radical (unpaired) electrons. The molecule has 0 atom stereocenters. The number of carbonyl (C=O) groups is 1. The van der Waals surface area contributed by atoms with E-state index < -0.39 is 17.5 Å². The van der Waals surface area contributed by atoms with E-state index in [-0.39, 0.29) is 23.0 Å². The van der Waals surface area contributed by atoms with Gasteiger partial charge in [-0.3, -0.25) is 4.79 Å². The van der Waals surface area contributed by atoms with Gasteiger partial charge in [-0.15, -0.1) is 0 Å². The molecule has 2 N–H and O–H groups in total. The van der Waals surface area contributed by atoms with E-state index in [1.54, 1.807) is 0 Å². The van der Waals surface area contributed by atoms with Gasteiger partial charge >= 0.3 is 6.18 Å². The van der Waals surface area contributed by atoms with Crippen LogP contribution in [-0.2, 0) is 6.18 Å². The summed E-state index contributed by atoms with van der Waals surface area (Å²) in [6.07, 6.45) is -4.63. The van der Waals surface area contributed by atoms with E-state index in [1.165, 1.54) is 6.07 Å². The lowest BCUT2D eigenvalue weighted by Crippen LogP contribution is -2.15. The number of carbonyl (C=O) groups excluding carboxylic acids is 1. The maximum absolute atomic E-state index is 12.6. The number of ketones is 1. The number of alkyl halides is 3. The monoisotopic (exact) mass is 295 g/mol. The number of hydrogen-bond donors (Lipinski definition) is 1. The zero-order chi connectivity index (χ0) is 12.3. The van der Waals surface area contributed by atoms with E-state index in [1.807, 2.05) is 0 Å². The van der Waals surface area contributed by atoms with Gasteiger partial charge in [-0.2, -0.15) is 13.2 Å². The second kappa shape index (κ2) is 4.97. The van der Waals surface area contributed by atoms with Crippen LogP contribution < -0.4 is 5.73 Å². The van der Waals surface area contributed by atoms with Crippen LogP contribution in [-0.4, -0.2) is 12.3 Å². The molecule has 0 aliphatic rings. The van der Waals surface area contributed by atoms with Gasteiger partial charge in [0.1, 0.15) is 0 Å². The highest BCUT2D eigenvalue weighted by atomic mass is 79.9. The van der Waals surface area contributed by atoms with Crippen molar-refractivity contribution in [1.29, 1.82) is 0 Å². The second-order valence-corrected chi connectivity index (χ2v) is 4.07. The van der Waals surface area contributed by atoms with Crippen molar-refractivity contribution < 1.29 is 18.0 Å². The van der Waals surface area contributed by atoms with Gasteiger partial charge in [-0.1, -0.05) is 15.9 Å². The highest BCUT2D eigenvalue weighted by Gasteiger charge is 2.35. The van der Waals surface area contributed by atoms with Crippen LogP contribution in [0, 0.1) is 0 Å². The van der Waals surface area contributed by atoms with Crippen LogP contribution in [0.2, 0.25) is 0 Å². The van der Waals surface area contributed by atoms with Crippen LogP contribution in [0.3, 0.4) is 0 Å². The molecule has 0 spiro atoms. The number of nitrogens with two attached hydrogens (primary N) is 1. The topological polar surface area (TPSA) is 43.1 Å². The molecule has 16 heavy (non-hydrogen) atoms. The first-order valence-corrected chi connectivity index (χ1v) is 5.25. The van der Waals surface area contributed by atoms with Gasteiger partial charge in [0.2, 0.25) is 0 Å². The number of Topliss-reactive ketones (excluding diaryl/α,β-unsaturated/α-hetero) is 1. The summed E-state index contributed by atoms with van der Waals surface area (Å²) in [6.45, 7) is 0.0339. The van der Waals surface area contributed by atoms with E-state index in [0.29, 0.717) is 0 Å². The van der Waals surface area contributed by atoms with E-state index in [0.717, 1.165) is 12.1 Å². The highest BCUT2D eigenvalue weighted by Crippen LogP contribution is 2.34. The molecule has 0 aliphatic carbocycles. The summed E-state index contributed by atoms with van der Waals surface area (Å²) in [4.78, 5) is 11.4. The Hall–Kier alpha value is -0.880. The Bertz CT molecular complexity index is 404. The van der Waals surface area contributed by atoms with Crippen molar-refractivity contribution >= 4 is 21.7 Å². The van der Waals surface area contributed by atoms with Crippen LogP contribution in [0.5, 0.6) is 0 Å². The summed E-state index contributed by atoms with van der Waals surface area (Å²) in [5.74, 6) is -0.595. The summed E-state index contributed by atoms with van der Waals surface area (Å²) in [7, 11) is 0. The van der Waals surface area contributed by atoms with E-state index in [2.05, 4.69) is 15.9 Å². The predicted molar refractivity (Wildman–Crippen MR) is 57.1 cm³/mol. The van der Waals surface area contributed by atoms with Gasteiger partial charge < -0.3 is 5.73 Å². The fraction of sp³-hybridized carbons (Fsp3) is 0.300. The first kappa shape index (κ1) is 13.2. The van der Waals surface area contributed by atoms with Gasteiger partial charge in [0.25, 0.3) is 0 Å². The number of halogens is 4. The predicted octanol–water partition coefficient (Wildman–Crippen LogP) is 3.00. The molecule has 0 saturated carbocycles. The third-order valence-electron chi connectivity index (χ3n) is 1.96. The van der Waals surface area contributed by atoms with E-state index in [4.69, 9.17) is 5.73 Å². The quantitative estimate of drug-likeness (QED) is 0.871. The summed E-state index contributed by atoms with van der Waals surface area (Å²) in [5, 5.41) is 0. The van der Waals surface area contributed by atoms with Crippen LogP contribution in [0.1, 0.15) is 22.3 Å². The lowest BCUT2D eigenvalue weighted by Gasteiger charge is -2.12. The maximum Gasteiger partial charge on any atom is 0.417 e. The largest absolute Gasteiger partial charge is 0.417 e. The Morgan fingerprint density at radius 3 is 2.50 bits per heavy atom. The first-order valence-electron chi connectivity index (χ1n) is 4.46. The maximum atomic E-state index is 12.6. The van der Waals surface area contributed by atoms with Gasteiger partial charge in [0, 0.05) is 16.5 Å². The molecule has 0 aromatic heterocycles. The average molecular weight is 296 g/mol. The van der Waals surface area contributed by atoms with Crippen molar-refractivity contribution in [3.8, 4) is 0 Å². The number of benzene rings is 1. The molecular weight excluding hydrogens is 287 g/mol. The number of hydrogen-bond acceptors (Lipinski definition) is 2. The molecule has 0 bridgehead atoms. The molecule has 0 aliphatic heterocycles. The van der Waals surface area contributed by atoms with Crippen molar-refractivity contribution in [1.82, 2.24) is 0 Å². The summed E-state index contributed by atoms with van der Waals surface area (Å²) >= 11 is 2.94. The zero-order valence-electron chi connectivity index (χ0n) is 8.14. The third-order valence-corrected chi connectivity index (χ3v) is 2.45. The minimum atomic E-state index is -4.54. The van der Waals surface area contributed by atoms with E-state index >= 15 is 0 Å². The van der Waals surface area contributed by atoms with Crippen molar-refractivity contribution in [2.45, 2.75) is 12.6 Å². The minimum absolute atomic E-state index is 0.0339. The van der Waals surface area contributed by atoms with Gasteiger partial charge in [0.05, 0.1) is 5.56 Å². The van der Waals surface area contributed by atoms with Crippen LogP contribution in [0.25, 0.3) is 0 Å². The minimum Gasteiger partial charge on any atom is -0.330 e.